The molecule has 1 amide bonds. The molecule has 8 nitrogen and oxygen atoms in total. The van der Waals surface area contributed by atoms with Crippen LogP contribution in [0.4, 0.5) is 0 Å². The minimum Gasteiger partial charge on any atom is -0.472 e. The highest BCUT2D eigenvalue weighted by molar-refractivity contribution is 6.30. The van der Waals surface area contributed by atoms with Crippen molar-refractivity contribution in [1.82, 2.24) is 24.9 Å². The van der Waals surface area contributed by atoms with Crippen LogP contribution in [0.5, 0.6) is 5.88 Å². The number of likely N-dealkylation sites (tertiary alicyclic amines) is 1. The highest BCUT2D eigenvalue weighted by Crippen LogP contribution is 2.19. The molecule has 0 aromatic carbocycles. The summed E-state index contributed by atoms with van der Waals surface area (Å²) >= 11 is 5.85. The first-order chi connectivity index (χ1) is 14.0. The molecule has 152 valence electrons. The van der Waals surface area contributed by atoms with Gasteiger partial charge in [-0.05, 0) is 38.8 Å². The van der Waals surface area contributed by atoms with E-state index in [1.54, 1.807) is 49.8 Å². The van der Waals surface area contributed by atoms with E-state index in [0.717, 1.165) is 18.5 Å². The fourth-order valence-corrected chi connectivity index (χ4v) is 2.97. The summed E-state index contributed by atoms with van der Waals surface area (Å²) in [6.07, 6.45) is 11.5. The lowest BCUT2D eigenvalue weighted by Crippen LogP contribution is -2.44. The molecular weight excluding hydrogens is 392 g/mol. The summed E-state index contributed by atoms with van der Waals surface area (Å²) < 4.78 is 5.91. The zero-order valence-electron chi connectivity index (χ0n) is 16.4. The van der Waals surface area contributed by atoms with Crippen LogP contribution in [-0.2, 0) is 4.79 Å². The summed E-state index contributed by atoms with van der Waals surface area (Å²) in [6, 6.07) is 3.48. The smallest absolute Gasteiger partial charge is 0.249 e. The molecular formula is C20H23ClN6O2. The van der Waals surface area contributed by atoms with Gasteiger partial charge in [0.1, 0.15) is 12.4 Å². The van der Waals surface area contributed by atoms with Gasteiger partial charge < -0.3 is 9.64 Å². The quantitative estimate of drug-likeness (QED) is 0.314. The highest BCUT2D eigenvalue weighted by Gasteiger charge is 2.25. The van der Waals surface area contributed by atoms with Crippen LogP contribution in [0.1, 0.15) is 26.7 Å². The third kappa shape index (κ3) is 6.25. The number of aliphatic imine (C=N–C) groups is 1. The second-order valence-electron chi connectivity index (χ2n) is 6.70. The second kappa shape index (κ2) is 9.97. The topological polar surface area (TPSA) is 85.5 Å². The van der Waals surface area contributed by atoms with E-state index in [-0.39, 0.29) is 12.0 Å². The Hall–Kier alpha value is -3.00. The molecule has 1 fully saturated rings. The molecule has 1 aliphatic rings. The average molecular weight is 415 g/mol. The van der Waals surface area contributed by atoms with E-state index in [0.29, 0.717) is 29.6 Å². The van der Waals surface area contributed by atoms with Gasteiger partial charge >= 0.3 is 0 Å². The molecule has 0 radical (unpaired) electrons. The molecule has 1 saturated heterocycles. The normalized spacial score (nSPS) is 18.3. The third-order valence-corrected chi connectivity index (χ3v) is 4.59. The van der Waals surface area contributed by atoms with Crippen molar-refractivity contribution < 1.29 is 9.53 Å². The van der Waals surface area contributed by atoms with Crippen molar-refractivity contribution in [3.8, 4) is 5.88 Å². The molecule has 0 aliphatic carbocycles. The van der Waals surface area contributed by atoms with E-state index in [2.05, 4.69) is 20.2 Å². The first-order valence-corrected chi connectivity index (χ1v) is 9.72. The summed E-state index contributed by atoms with van der Waals surface area (Å²) in [5.74, 6) is 0.508. The van der Waals surface area contributed by atoms with Crippen LogP contribution >= 0.6 is 11.6 Å². The number of rotatable bonds is 6. The SMILES string of the molecule is C/C(=C/C=C(\C)C(=O)N1CCCC(Oc2ccc(Cl)cn2)C1)N=Cn1nccn1. The molecule has 3 heterocycles. The summed E-state index contributed by atoms with van der Waals surface area (Å²) in [5.41, 5.74) is 1.38. The van der Waals surface area contributed by atoms with E-state index in [4.69, 9.17) is 16.3 Å². The number of hydrogen-bond acceptors (Lipinski definition) is 6. The van der Waals surface area contributed by atoms with E-state index in [1.165, 1.54) is 11.1 Å². The molecule has 29 heavy (non-hydrogen) atoms. The van der Waals surface area contributed by atoms with Gasteiger partial charge in [0.15, 0.2) is 0 Å². The molecule has 1 aliphatic heterocycles. The maximum atomic E-state index is 12.8. The Balaban J connectivity index is 1.57. The predicted molar refractivity (Wildman–Crippen MR) is 111 cm³/mol. The first kappa shape index (κ1) is 20.7. The largest absolute Gasteiger partial charge is 0.472 e. The molecule has 3 rings (SSSR count). The van der Waals surface area contributed by atoms with E-state index in [1.807, 2.05) is 11.8 Å². The molecule has 1 atom stereocenters. The lowest BCUT2D eigenvalue weighted by Gasteiger charge is -2.32. The van der Waals surface area contributed by atoms with Crippen molar-refractivity contribution in [3.05, 3.63) is 59.2 Å². The number of ether oxygens (including phenoxy) is 1. The average Bonchev–Trinajstić information content (AvgIpc) is 3.25. The van der Waals surface area contributed by atoms with Crippen LogP contribution in [0.15, 0.2) is 59.1 Å². The number of aromatic nitrogens is 4. The van der Waals surface area contributed by atoms with Gasteiger partial charge in [0.25, 0.3) is 0 Å². The lowest BCUT2D eigenvalue weighted by atomic mass is 10.1. The first-order valence-electron chi connectivity index (χ1n) is 9.34. The molecule has 9 heteroatoms. The van der Waals surface area contributed by atoms with Gasteiger partial charge in [-0.2, -0.15) is 10.2 Å². The highest BCUT2D eigenvalue weighted by atomic mass is 35.5. The summed E-state index contributed by atoms with van der Waals surface area (Å²) in [5, 5.41) is 8.45. The summed E-state index contributed by atoms with van der Waals surface area (Å²) in [6.45, 7) is 4.89. The Labute approximate surface area is 174 Å². The number of piperidine rings is 1. The molecule has 2 aromatic heterocycles. The third-order valence-electron chi connectivity index (χ3n) is 4.37. The standard InChI is InChI=1S/C20H23ClN6O2/c1-15(5-6-16(2)23-14-27-24-9-10-25-27)20(28)26-11-3-4-18(13-26)29-19-8-7-17(21)12-22-19/h5-10,12,14,18H,3-4,11,13H2,1-2H3/b15-5+,16-6-,23-14?. The zero-order chi connectivity index (χ0) is 20.6. The van der Waals surface area contributed by atoms with Crippen LogP contribution < -0.4 is 4.74 Å². The van der Waals surface area contributed by atoms with E-state index in [9.17, 15) is 4.79 Å². The van der Waals surface area contributed by atoms with E-state index < -0.39 is 0 Å². The number of pyridine rings is 1. The maximum Gasteiger partial charge on any atom is 0.249 e. The molecule has 2 aromatic rings. The predicted octanol–water partition coefficient (Wildman–Crippen LogP) is 3.12. The van der Waals surface area contributed by atoms with Crippen LogP contribution in [0.25, 0.3) is 0 Å². The van der Waals surface area contributed by atoms with Crippen molar-refractivity contribution >= 4 is 23.8 Å². The van der Waals surface area contributed by atoms with Gasteiger partial charge in [0.05, 0.1) is 24.0 Å². The van der Waals surface area contributed by atoms with Crippen LogP contribution in [-0.4, -0.2) is 56.3 Å². The molecule has 0 spiro atoms. The fraction of sp³-hybridized carbons (Fsp3) is 0.350. The van der Waals surface area contributed by atoms with Gasteiger partial charge in [-0.3, -0.25) is 4.79 Å². The minimum atomic E-state index is -0.0855. The number of nitrogens with zero attached hydrogens (tertiary/aromatic N) is 6. The second-order valence-corrected chi connectivity index (χ2v) is 7.14. The molecule has 0 saturated carbocycles. The van der Waals surface area contributed by atoms with Gasteiger partial charge in [0, 0.05) is 30.1 Å². The van der Waals surface area contributed by atoms with Gasteiger partial charge in [-0.15, -0.1) is 4.80 Å². The van der Waals surface area contributed by atoms with Crippen molar-refractivity contribution in [3.63, 3.8) is 0 Å². The molecule has 1 unspecified atom stereocenters. The number of amides is 1. The fourth-order valence-electron chi connectivity index (χ4n) is 2.86. The number of allylic oxidation sites excluding steroid dienone is 3. The Kier molecular flexibility index (Phi) is 7.13. The zero-order valence-corrected chi connectivity index (χ0v) is 17.2. The lowest BCUT2D eigenvalue weighted by molar-refractivity contribution is -0.129. The Bertz CT molecular complexity index is 906. The minimum absolute atomic E-state index is 0.0101. The van der Waals surface area contributed by atoms with Crippen LogP contribution in [0.2, 0.25) is 5.02 Å². The van der Waals surface area contributed by atoms with Crippen molar-refractivity contribution in [2.75, 3.05) is 13.1 Å². The number of halogens is 1. The Morgan fingerprint density at radius 1 is 1.28 bits per heavy atom. The molecule has 0 N–H and O–H groups in total. The summed E-state index contributed by atoms with van der Waals surface area (Å²) in [7, 11) is 0. The van der Waals surface area contributed by atoms with Crippen molar-refractivity contribution in [2.45, 2.75) is 32.8 Å². The van der Waals surface area contributed by atoms with Crippen molar-refractivity contribution in [2.24, 2.45) is 4.99 Å². The van der Waals surface area contributed by atoms with Crippen LogP contribution in [0, 0.1) is 0 Å². The number of carbonyl (C=O) groups excluding carboxylic acids is 1. The molecule has 0 bridgehead atoms. The van der Waals surface area contributed by atoms with Gasteiger partial charge in [-0.1, -0.05) is 17.7 Å². The monoisotopic (exact) mass is 414 g/mol. The maximum absolute atomic E-state index is 12.8. The van der Waals surface area contributed by atoms with Crippen molar-refractivity contribution in [1.29, 1.82) is 0 Å². The summed E-state index contributed by atoms with van der Waals surface area (Å²) in [4.78, 5) is 24.4. The van der Waals surface area contributed by atoms with Crippen LogP contribution in [0.3, 0.4) is 0 Å². The Morgan fingerprint density at radius 2 is 2.07 bits per heavy atom. The number of carbonyl (C=O) groups is 1. The van der Waals surface area contributed by atoms with E-state index >= 15 is 0 Å². The van der Waals surface area contributed by atoms with Gasteiger partial charge in [-0.25, -0.2) is 9.98 Å². The Morgan fingerprint density at radius 3 is 2.79 bits per heavy atom. The number of hydrogen-bond donors (Lipinski definition) is 0. The van der Waals surface area contributed by atoms with Gasteiger partial charge in [0.2, 0.25) is 11.8 Å².